The Morgan fingerprint density at radius 2 is 2.05 bits per heavy atom. The van der Waals surface area contributed by atoms with Gasteiger partial charge in [-0.3, -0.25) is 9.59 Å². The van der Waals surface area contributed by atoms with Crippen molar-refractivity contribution in [2.75, 3.05) is 13.7 Å². The fraction of sp³-hybridized carbons (Fsp3) is 0.429. The number of para-hydroxylation sites is 1. The number of phenols is 1. The zero-order chi connectivity index (χ0) is 15.1. The number of rotatable bonds is 6. The molecule has 2 amide bonds. The van der Waals surface area contributed by atoms with Crippen LogP contribution in [0.15, 0.2) is 18.2 Å². The molecule has 0 aliphatic heterocycles. The SMILES string of the molecule is COc1cccc(C(=O)NCCC(=O)NC(C)C)c1O. The van der Waals surface area contributed by atoms with Gasteiger partial charge in [0.2, 0.25) is 5.91 Å². The van der Waals surface area contributed by atoms with Crippen molar-refractivity contribution in [2.24, 2.45) is 0 Å². The number of hydrogen-bond donors (Lipinski definition) is 3. The average molecular weight is 280 g/mol. The molecule has 0 saturated heterocycles. The van der Waals surface area contributed by atoms with Crippen molar-refractivity contribution < 1.29 is 19.4 Å². The van der Waals surface area contributed by atoms with Crippen LogP contribution in [0, 0.1) is 0 Å². The lowest BCUT2D eigenvalue weighted by Crippen LogP contribution is -2.34. The van der Waals surface area contributed by atoms with Gasteiger partial charge in [0.25, 0.3) is 5.91 Å². The Hall–Kier alpha value is -2.24. The van der Waals surface area contributed by atoms with Crippen LogP contribution < -0.4 is 15.4 Å². The molecule has 1 aromatic carbocycles. The minimum absolute atomic E-state index is 0.0700. The summed E-state index contributed by atoms with van der Waals surface area (Å²) in [4.78, 5) is 23.3. The van der Waals surface area contributed by atoms with Gasteiger partial charge in [0.15, 0.2) is 11.5 Å². The molecule has 1 aromatic rings. The van der Waals surface area contributed by atoms with E-state index in [-0.39, 0.29) is 42.0 Å². The maximum Gasteiger partial charge on any atom is 0.255 e. The van der Waals surface area contributed by atoms with Crippen LogP contribution in [0.3, 0.4) is 0 Å². The number of phenolic OH excluding ortho intramolecular Hbond substituents is 1. The molecule has 0 bridgehead atoms. The first-order chi connectivity index (χ1) is 9.45. The largest absolute Gasteiger partial charge is 0.504 e. The Morgan fingerprint density at radius 1 is 1.35 bits per heavy atom. The lowest BCUT2D eigenvalue weighted by atomic mass is 10.1. The van der Waals surface area contributed by atoms with Crippen molar-refractivity contribution in [1.29, 1.82) is 0 Å². The first kappa shape index (κ1) is 15.8. The molecule has 0 aromatic heterocycles. The molecule has 0 radical (unpaired) electrons. The highest BCUT2D eigenvalue weighted by Crippen LogP contribution is 2.28. The summed E-state index contributed by atoms with van der Waals surface area (Å²) in [5.74, 6) is -0.553. The third-order valence-corrected chi connectivity index (χ3v) is 2.55. The van der Waals surface area contributed by atoms with E-state index in [1.807, 2.05) is 13.8 Å². The van der Waals surface area contributed by atoms with Gasteiger partial charge in [-0.1, -0.05) is 6.07 Å². The lowest BCUT2D eigenvalue weighted by Gasteiger charge is -2.10. The molecule has 0 aliphatic carbocycles. The number of methoxy groups -OCH3 is 1. The van der Waals surface area contributed by atoms with Crippen LogP contribution in [0.25, 0.3) is 0 Å². The van der Waals surface area contributed by atoms with E-state index in [0.29, 0.717) is 0 Å². The number of aromatic hydroxyl groups is 1. The second-order valence-electron chi connectivity index (χ2n) is 4.58. The van der Waals surface area contributed by atoms with Crippen molar-refractivity contribution in [2.45, 2.75) is 26.3 Å². The molecule has 0 spiro atoms. The van der Waals surface area contributed by atoms with Gasteiger partial charge in [0, 0.05) is 19.0 Å². The molecule has 6 heteroatoms. The van der Waals surface area contributed by atoms with E-state index in [9.17, 15) is 14.7 Å². The van der Waals surface area contributed by atoms with Crippen molar-refractivity contribution in [3.8, 4) is 11.5 Å². The first-order valence-electron chi connectivity index (χ1n) is 6.39. The number of nitrogens with one attached hydrogen (secondary N) is 2. The van der Waals surface area contributed by atoms with Crippen LogP contribution in [-0.4, -0.2) is 36.6 Å². The number of hydrogen-bond acceptors (Lipinski definition) is 4. The molecule has 6 nitrogen and oxygen atoms in total. The summed E-state index contributed by atoms with van der Waals surface area (Å²) in [6.07, 6.45) is 0.189. The van der Waals surface area contributed by atoms with E-state index in [1.165, 1.54) is 13.2 Å². The van der Waals surface area contributed by atoms with Gasteiger partial charge in [0.1, 0.15) is 0 Å². The predicted molar refractivity (Wildman–Crippen MR) is 74.9 cm³/mol. The molecule has 20 heavy (non-hydrogen) atoms. The van der Waals surface area contributed by atoms with Gasteiger partial charge < -0.3 is 20.5 Å². The summed E-state index contributed by atoms with van der Waals surface area (Å²) in [6, 6.07) is 4.73. The topological polar surface area (TPSA) is 87.7 Å². The monoisotopic (exact) mass is 280 g/mol. The lowest BCUT2D eigenvalue weighted by molar-refractivity contribution is -0.121. The van der Waals surface area contributed by atoms with Gasteiger partial charge in [-0.05, 0) is 26.0 Å². The first-order valence-corrected chi connectivity index (χ1v) is 6.39. The molecule has 0 aliphatic rings. The molecule has 0 atom stereocenters. The summed E-state index contributed by atoms with van der Waals surface area (Å²) < 4.78 is 4.93. The Balaban J connectivity index is 2.54. The van der Waals surface area contributed by atoms with Crippen molar-refractivity contribution in [3.05, 3.63) is 23.8 Å². The Kier molecular flexibility index (Phi) is 5.83. The van der Waals surface area contributed by atoms with E-state index in [1.54, 1.807) is 12.1 Å². The molecule has 0 unspecified atom stereocenters. The van der Waals surface area contributed by atoms with Crippen molar-refractivity contribution >= 4 is 11.8 Å². The van der Waals surface area contributed by atoms with E-state index in [2.05, 4.69) is 10.6 Å². The molecule has 0 heterocycles. The van der Waals surface area contributed by atoms with Crippen LogP contribution in [0.2, 0.25) is 0 Å². The number of carbonyl (C=O) groups excluding carboxylic acids is 2. The van der Waals surface area contributed by atoms with Gasteiger partial charge in [-0.25, -0.2) is 0 Å². The van der Waals surface area contributed by atoms with Crippen LogP contribution in [0.5, 0.6) is 11.5 Å². The van der Waals surface area contributed by atoms with E-state index in [0.717, 1.165) is 0 Å². The van der Waals surface area contributed by atoms with Crippen LogP contribution in [0.4, 0.5) is 0 Å². The number of ether oxygens (including phenoxy) is 1. The highest BCUT2D eigenvalue weighted by molar-refractivity contribution is 5.97. The molecule has 1 rings (SSSR count). The van der Waals surface area contributed by atoms with Gasteiger partial charge in [-0.2, -0.15) is 0 Å². The Bertz CT molecular complexity index is 486. The van der Waals surface area contributed by atoms with Gasteiger partial charge >= 0.3 is 0 Å². The molecule has 0 saturated carbocycles. The van der Waals surface area contributed by atoms with E-state index in [4.69, 9.17) is 4.74 Å². The van der Waals surface area contributed by atoms with Crippen LogP contribution >= 0.6 is 0 Å². The predicted octanol–water partition coefficient (Wildman–Crippen LogP) is 1.05. The summed E-state index contributed by atoms with van der Waals surface area (Å²) in [5.41, 5.74) is 0.119. The maximum absolute atomic E-state index is 11.9. The highest BCUT2D eigenvalue weighted by atomic mass is 16.5. The molecular formula is C14H20N2O4. The fourth-order valence-corrected chi connectivity index (χ4v) is 1.65. The van der Waals surface area contributed by atoms with Gasteiger partial charge in [0.05, 0.1) is 12.7 Å². The zero-order valence-corrected chi connectivity index (χ0v) is 11.9. The molecule has 3 N–H and O–H groups in total. The second-order valence-corrected chi connectivity index (χ2v) is 4.58. The average Bonchev–Trinajstić information content (AvgIpc) is 2.37. The molecular weight excluding hydrogens is 260 g/mol. The number of amides is 2. The molecule has 0 fully saturated rings. The van der Waals surface area contributed by atoms with E-state index >= 15 is 0 Å². The third kappa shape index (κ3) is 4.46. The zero-order valence-electron chi connectivity index (χ0n) is 11.9. The fourth-order valence-electron chi connectivity index (χ4n) is 1.65. The minimum atomic E-state index is -0.446. The number of benzene rings is 1. The van der Waals surface area contributed by atoms with Crippen LogP contribution in [0.1, 0.15) is 30.6 Å². The van der Waals surface area contributed by atoms with Crippen molar-refractivity contribution in [1.82, 2.24) is 10.6 Å². The normalized spacial score (nSPS) is 10.2. The van der Waals surface area contributed by atoms with Crippen LogP contribution in [-0.2, 0) is 4.79 Å². The summed E-state index contributed by atoms with van der Waals surface area (Å²) in [5, 5.41) is 15.1. The summed E-state index contributed by atoms with van der Waals surface area (Å²) in [7, 11) is 1.41. The molecule has 110 valence electrons. The Labute approximate surface area is 118 Å². The summed E-state index contributed by atoms with van der Waals surface area (Å²) in [6.45, 7) is 3.93. The Morgan fingerprint density at radius 3 is 2.65 bits per heavy atom. The second kappa shape index (κ2) is 7.37. The third-order valence-electron chi connectivity index (χ3n) is 2.55. The maximum atomic E-state index is 11.9. The highest BCUT2D eigenvalue weighted by Gasteiger charge is 2.14. The summed E-state index contributed by atoms with van der Waals surface area (Å²) >= 11 is 0. The number of carbonyl (C=O) groups is 2. The van der Waals surface area contributed by atoms with Gasteiger partial charge in [-0.15, -0.1) is 0 Å². The van der Waals surface area contributed by atoms with Crippen molar-refractivity contribution in [3.63, 3.8) is 0 Å². The smallest absolute Gasteiger partial charge is 0.255 e. The van der Waals surface area contributed by atoms with E-state index < -0.39 is 5.91 Å². The quantitative estimate of drug-likeness (QED) is 0.726. The standard InChI is InChI=1S/C14H20N2O4/c1-9(2)16-12(17)7-8-15-14(19)10-5-4-6-11(20-3)13(10)18/h4-6,9,18H,7-8H2,1-3H3,(H,15,19)(H,16,17). The minimum Gasteiger partial charge on any atom is -0.504 e.